The second-order valence-corrected chi connectivity index (χ2v) is 12.0. The predicted octanol–water partition coefficient (Wildman–Crippen LogP) is 6.33. The summed E-state index contributed by atoms with van der Waals surface area (Å²) in [4.78, 5) is 53.5. The van der Waals surface area contributed by atoms with E-state index in [1.807, 2.05) is 38.7 Å². The monoisotopic (exact) mass is 632 g/mol. The molecule has 4 heterocycles. The van der Waals surface area contributed by atoms with Crippen LogP contribution in [0.15, 0.2) is 71.6 Å². The summed E-state index contributed by atoms with van der Waals surface area (Å²) in [6, 6.07) is 6.75. The van der Waals surface area contributed by atoms with Crippen LogP contribution in [-0.4, -0.2) is 56.9 Å². The molecule has 1 saturated heterocycles. The molecule has 1 fully saturated rings. The summed E-state index contributed by atoms with van der Waals surface area (Å²) in [5, 5.41) is 4.13. The Labute approximate surface area is 266 Å². The maximum atomic E-state index is 14.3. The van der Waals surface area contributed by atoms with E-state index >= 15 is 0 Å². The Morgan fingerprint density at radius 3 is 2.50 bits per heavy atom. The SMILES string of the molecule is C=CC(=O)N1CCN(c2nc(=O)n3c4nc(c(Cl)cc24)-c2c(Cl)cccc2NC(=O)CC(=C/C)/C3=C(\C=C)C(C)C)[C@@H](C)C1. The van der Waals surface area contributed by atoms with Gasteiger partial charge in [-0.15, -0.1) is 0 Å². The fraction of sp³-hybridized carbons (Fsp3) is 0.303. The number of fused-ring (bicyclic) bond motifs is 3. The van der Waals surface area contributed by atoms with E-state index in [1.165, 1.54) is 10.6 Å². The van der Waals surface area contributed by atoms with Gasteiger partial charge in [0, 0.05) is 31.2 Å². The molecule has 0 spiro atoms. The lowest BCUT2D eigenvalue weighted by Crippen LogP contribution is -2.54. The zero-order valence-electron chi connectivity index (χ0n) is 25.2. The van der Waals surface area contributed by atoms with Gasteiger partial charge < -0.3 is 15.1 Å². The summed E-state index contributed by atoms with van der Waals surface area (Å²) in [5.74, 6) is -0.0919. The smallest absolute Gasteiger partial charge is 0.350 e. The number of hydrogen-bond donors (Lipinski definition) is 1. The van der Waals surface area contributed by atoms with Crippen LogP contribution in [0.3, 0.4) is 0 Å². The van der Waals surface area contributed by atoms with Gasteiger partial charge in [-0.25, -0.2) is 14.3 Å². The molecule has 0 aliphatic carbocycles. The summed E-state index contributed by atoms with van der Waals surface area (Å²) in [6.45, 7) is 16.7. The van der Waals surface area contributed by atoms with Crippen LogP contribution in [-0.2, 0) is 9.59 Å². The highest BCUT2D eigenvalue weighted by atomic mass is 35.5. The Morgan fingerprint density at radius 2 is 1.86 bits per heavy atom. The number of amides is 2. The topological polar surface area (TPSA) is 100 Å². The van der Waals surface area contributed by atoms with E-state index in [2.05, 4.69) is 23.5 Å². The van der Waals surface area contributed by atoms with Gasteiger partial charge in [0.1, 0.15) is 5.82 Å². The number of rotatable bonds is 4. The third-order valence-corrected chi connectivity index (χ3v) is 8.66. The lowest BCUT2D eigenvalue weighted by atomic mass is 9.94. The number of nitrogens with zero attached hydrogens (tertiary/aromatic N) is 5. The Kier molecular flexibility index (Phi) is 8.81. The summed E-state index contributed by atoms with van der Waals surface area (Å²) in [6.07, 6.45) is 4.79. The Bertz CT molecular complexity index is 1840. The molecule has 2 aliphatic rings. The highest BCUT2D eigenvalue weighted by Gasteiger charge is 2.32. The predicted molar refractivity (Wildman–Crippen MR) is 178 cm³/mol. The van der Waals surface area contributed by atoms with E-state index in [0.29, 0.717) is 69.7 Å². The molecule has 2 aromatic heterocycles. The van der Waals surface area contributed by atoms with E-state index in [1.54, 1.807) is 35.2 Å². The molecular formula is C33H34Cl2N6O3. The number of nitrogens with one attached hydrogen (secondary N) is 1. The molecule has 2 amide bonds. The van der Waals surface area contributed by atoms with Gasteiger partial charge in [0.25, 0.3) is 0 Å². The molecule has 1 atom stereocenters. The van der Waals surface area contributed by atoms with Gasteiger partial charge in [-0.1, -0.05) is 68.4 Å². The number of halogens is 2. The van der Waals surface area contributed by atoms with Crippen molar-refractivity contribution in [2.45, 2.75) is 40.2 Å². The maximum Gasteiger partial charge on any atom is 0.355 e. The number of benzene rings is 1. The molecule has 9 nitrogen and oxygen atoms in total. The summed E-state index contributed by atoms with van der Waals surface area (Å²) in [5.41, 5.74) is 2.80. The average molecular weight is 634 g/mol. The molecule has 44 heavy (non-hydrogen) atoms. The van der Waals surface area contributed by atoms with Crippen LogP contribution in [0.2, 0.25) is 10.0 Å². The molecule has 0 radical (unpaired) electrons. The summed E-state index contributed by atoms with van der Waals surface area (Å²) in [7, 11) is 0. The number of aromatic nitrogens is 3. The van der Waals surface area contributed by atoms with Crippen LogP contribution in [0.4, 0.5) is 11.5 Å². The lowest BCUT2D eigenvalue weighted by molar-refractivity contribution is -0.126. The van der Waals surface area contributed by atoms with Crippen LogP contribution in [0, 0.1) is 5.92 Å². The van der Waals surface area contributed by atoms with Gasteiger partial charge in [0.15, 0.2) is 5.65 Å². The second kappa shape index (κ2) is 12.4. The number of carbonyl (C=O) groups is 2. The lowest BCUT2D eigenvalue weighted by Gasteiger charge is -2.40. The molecule has 5 rings (SSSR count). The van der Waals surface area contributed by atoms with E-state index in [-0.39, 0.29) is 35.2 Å². The van der Waals surface area contributed by atoms with Gasteiger partial charge in [0.05, 0.1) is 38.9 Å². The summed E-state index contributed by atoms with van der Waals surface area (Å²) >= 11 is 13.7. The molecule has 0 unspecified atom stereocenters. The van der Waals surface area contributed by atoms with Crippen molar-refractivity contribution in [3.05, 3.63) is 87.3 Å². The van der Waals surface area contributed by atoms with Crippen LogP contribution in [0.1, 0.15) is 34.1 Å². The van der Waals surface area contributed by atoms with E-state index < -0.39 is 5.69 Å². The molecule has 2 aliphatic heterocycles. The van der Waals surface area contributed by atoms with E-state index in [0.717, 1.165) is 5.57 Å². The quantitative estimate of drug-likeness (QED) is 0.337. The minimum absolute atomic E-state index is 0.0301. The van der Waals surface area contributed by atoms with Crippen molar-refractivity contribution < 1.29 is 9.59 Å². The number of carbonyl (C=O) groups excluding carboxylic acids is 2. The Morgan fingerprint density at radius 1 is 1.11 bits per heavy atom. The minimum Gasteiger partial charge on any atom is -0.350 e. The molecule has 228 valence electrons. The normalized spacial score (nSPS) is 19.1. The van der Waals surface area contributed by atoms with Crippen LogP contribution >= 0.6 is 23.2 Å². The fourth-order valence-corrected chi connectivity index (χ4v) is 6.44. The molecule has 2 bridgehead atoms. The van der Waals surface area contributed by atoms with Crippen LogP contribution < -0.4 is 15.9 Å². The maximum absolute atomic E-state index is 14.3. The van der Waals surface area contributed by atoms with Crippen LogP contribution in [0.5, 0.6) is 0 Å². The number of piperazine rings is 1. The van der Waals surface area contributed by atoms with E-state index in [4.69, 9.17) is 28.2 Å². The first-order valence-electron chi connectivity index (χ1n) is 14.4. The fourth-order valence-electron chi connectivity index (χ4n) is 5.93. The number of anilines is 2. The van der Waals surface area contributed by atoms with Crippen LogP contribution in [0.25, 0.3) is 28.0 Å². The molecule has 0 saturated carbocycles. The average Bonchev–Trinajstić information content (AvgIpc) is 3.00. The summed E-state index contributed by atoms with van der Waals surface area (Å²) < 4.78 is 1.46. The third-order valence-electron chi connectivity index (χ3n) is 8.05. The van der Waals surface area contributed by atoms with Gasteiger partial charge in [-0.3, -0.25) is 9.59 Å². The zero-order chi connectivity index (χ0) is 31.9. The Balaban J connectivity index is 1.91. The third kappa shape index (κ3) is 5.46. The second-order valence-electron chi connectivity index (χ2n) is 11.1. The molecule has 11 heteroatoms. The van der Waals surface area contributed by atoms with Crippen molar-refractivity contribution in [2.75, 3.05) is 29.9 Å². The van der Waals surface area contributed by atoms with Crippen molar-refractivity contribution >= 4 is 63.3 Å². The first-order valence-corrected chi connectivity index (χ1v) is 15.2. The first-order chi connectivity index (χ1) is 21.0. The highest BCUT2D eigenvalue weighted by molar-refractivity contribution is 6.37. The molecule has 1 aromatic carbocycles. The Hall–Kier alpha value is -4.21. The van der Waals surface area contributed by atoms with E-state index in [9.17, 15) is 14.4 Å². The first kappa shape index (κ1) is 31.2. The molecule has 1 N–H and O–H groups in total. The largest absolute Gasteiger partial charge is 0.355 e. The van der Waals surface area contributed by atoms with Gasteiger partial charge in [0.2, 0.25) is 11.8 Å². The van der Waals surface area contributed by atoms with Gasteiger partial charge in [-0.2, -0.15) is 4.98 Å². The van der Waals surface area contributed by atoms with Crippen molar-refractivity contribution in [1.82, 2.24) is 19.4 Å². The highest BCUT2D eigenvalue weighted by Crippen LogP contribution is 2.42. The van der Waals surface area contributed by atoms with Crippen molar-refractivity contribution in [2.24, 2.45) is 5.92 Å². The standard InChI is InChI=1S/C33H34Cl2N6O3/c1-7-20-15-26(42)36-25-12-10-11-23(34)28(25)29-24(35)16-22-31(40-14-13-39(17-19(40)6)27(43)9-3)38-33(44)41(32(22)37-29)30(20)21(8-2)18(4)5/h7-12,16,18-19H,2-3,13-15,17H2,1,4-6H3,(H,36,42)/b20-7-,30-21-/t19-/m0/s1. The number of pyridine rings is 1. The van der Waals surface area contributed by atoms with Crippen molar-refractivity contribution in [3.8, 4) is 11.3 Å². The number of hydrogen-bond acceptors (Lipinski definition) is 6. The number of allylic oxidation sites excluding steroid dienone is 4. The molecule has 3 aromatic rings. The van der Waals surface area contributed by atoms with Gasteiger partial charge >= 0.3 is 5.69 Å². The van der Waals surface area contributed by atoms with Gasteiger partial charge in [-0.05, 0) is 55.2 Å². The molecular weight excluding hydrogens is 599 g/mol. The minimum atomic E-state index is -0.571. The zero-order valence-corrected chi connectivity index (χ0v) is 26.7. The van der Waals surface area contributed by atoms with Crippen molar-refractivity contribution in [1.29, 1.82) is 0 Å². The van der Waals surface area contributed by atoms with Crippen molar-refractivity contribution in [3.63, 3.8) is 0 Å².